The second-order valence-electron chi connectivity index (χ2n) is 1.79. The lowest BCUT2D eigenvalue weighted by Gasteiger charge is -2.05. The van der Waals surface area contributed by atoms with Crippen molar-refractivity contribution < 1.29 is 0 Å². The van der Waals surface area contributed by atoms with Crippen molar-refractivity contribution in [2.75, 3.05) is 5.32 Å². The second kappa shape index (κ2) is 3.92. The van der Waals surface area contributed by atoms with Crippen LogP contribution in [0.25, 0.3) is 0 Å². The summed E-state index contributed by atoms with van der Waals surface area (Å²) in [5, 5.41) is 2.75. The van der Waals surface area contributed by atoms with Crippen molar-refractivity contribution in [3.63, 3.8) is 0 Å². The number of rotatable bonds is 3. The maximum Gasteiger partial charge on any atom is 0.226 e. The van der Waals surface area contributed by atoms with Gasteiger partial charge in [0, 0.05) is 0 Å². The Bertz CT molecular complexity index is 225. The molecule has 1 aromatic rings. The highest BCUT2D eigenvalue weighted by molar-refractivity contribution is 7.81. The molecule has 1 N–H and O–H groups in total. The lowest BCUT2D eigenvalue weighted by atomic mass is 10.6. The van der Waals surface area contributed by atoms with E-state index >= 15 is 0 Å². The zero-order valence-electron chi connectivity index (χ0n) is 5.81. The zero-order chi connectivity index (χ0) is 8.10. The molecule has 1 heterocycles. The molecule has 0 aliphatic carbocycles. The summed E-state index contributed by atoms with van der Waals surface area (Å²) in [7, 11) is 0. The first-order chi connectivity index (χ1) is 5.33. The molecule has 5 heteroatoms. The number of hydrogen-bond acceptors (Lipinski definition) is 5. The third-order valence-corrected chi connectivity index (χ3v) is 1.33. The van der Waals surface area contributed by atoms with E-state index in [2.05, 4.69) is 39.5 Å². The van der Waals surface area contributed by atoms with Crippen LogP contribution in [0.15, 0.2) is 25.3 Å². The Hall–Kier alpha value is -1.10. The van der Waals surface area contributed by atoms with E-state index in [1.807, 2.05) is 0 Å². The van der Waals surface area contributed by atoms with Crippen molar-refractivity contribution in [2.24, 2.45) is 0 Å². The van der Waals surface area contributed by atoms with Gasteiger partial charge in [-0.1, -0.05) is 6.08 Å². The average Bonchev–Trinajstić information content (AvgIpc) is 2.06. The Labute approximate surface area is 70.2 Å². The molecule has 1 atom stereocenters. The minimum atomic E-state index is -0.127. The molecule has 0 fully saturated rings. The van der Waals surface area contributed by atoms with E-state index in [0.29, 0.717) is 5.95 Å². The van der Waals surface area contributed by atoms with E-state index in [9.17, 15) is 0 Å². The predicted octanol–water partition coefficient (Wildman–Crippen LogP) is 0.725. The number of nitrogens with zero attached hydrogens (tertiary/aromatic N) is 3. The van der Waals surface area contributed by atoms with E-state index < -0.39 is 0 Å². The van der Waals surface area contributed by atoms with Crippen molar-refractivity contribution >= 4 is 18.6 Å². The monoisotopic (exact) mass is 168 g/mol. The molecular formula is C6H8N4S. The Balaban J connectivity index is 2.57. The van der Waals surface area contributed by atoms with Gasteiger partial charge in [-0.15, -0.1) is 6.58 Å². The Morgan fingerprint density at radius 1 is 1.55 bits per heavy atom. The third kappa shape index (κ3) is 2.55. The molecule has 0 aromatic carbocycles. The van der Waals surface area contributed by atoms with E-state index in [-0.39, 0.29) is 5.37 Å². The van der Waals surface area contributed by atoms with Crippen LogP contribution in [0.2, 0.25) is 0 Å². The van der Waals surface area contributed by atoms with Crippen LogP contribution in [0.4, 0.5) is 5.95 Å². The highest BCUT2D eigenvalue weighted by Gasteiger charge is 1.97. The van der Waals surface area contributed by atoms with Gasteiger partial charge in [0.05, 0.1) is 5.37 Å². The summed E-state index contributed by atoms with van der Waals surface area (Å²) in [6, 6.07) is 0. The van der Waals surface area contributed by atoms with Gasteiger partial charge in [0.25, 0.3) is 0 Å². The summed E-state index contributed by atoms with van der Waals surface area (Å²) in [6.07, 6.45) is 4.48. The molecule has 0 radical (unpaired) electrons. The van der Waals surface area contributed by atoms with Crippen molar-refractivity contribution in [3.05, 3.63) is 25.3 Å². The summed E-state index contributed by atoms with van der Waals surface area (Å²) in [4.78, 5) is 11.3. The van der Waals surface area contributed by atoms with Gasteiger partial charge in [-0.3, -0.25) is 0 Å². The van der Waals surface area contributed by atoms with Crippen LogP contribution in [-0.2, 0) is 0 Å². The molecule has 0 amide bonds. The Kier molecular flexibility index (Phi) is 2.85. The Morgan fingerprint density at radius 2 is 2.18 bits per heavy atom. The molecule has 1 aromatic heterocycles. The van der Waals surface area contributed by atoms with Gasteiger partial charge in [0.2, 0.25) is 5.95 Å². The largest absolute Gasteiger partial charge is 0.339 e. The summed E-state index contributed by atoms with van der Waals surface area (Å²) in [5.74, 6) is 0.500. The number of thiol groups is 1. The van der Waals surface area contributed by atoms with Crippen molar-refractivity contribution in [1.82, 2.24) is 15.0 Å². The smallest absolute Gasteiger partial charge is 0.226 e. The normalized spacial score (nSPS) is 12.1. The minimum Gasteiger partial charge on any atom is -0.339 e. The molecule has 0 bridgehead atoms. The molecule has 58 valence electrons. The number of hydrogen-bond donors (Lipinski definition) is 2. The first-order valence-electron chi connectivity index (χ1n) is 3.02. The fraction of sp³-hybridized carbons (Fsp3) is 0.167. The lowest BCUT2D eigenvalue weighted by molar-refractivity contribution is 1.02. The SMILES string of the molecule is C=CC(S)Nc1ncncn1. The van der Waals surface area contributed by atoms with Crippen LogP contribution in [0.5, 0.6) is 0 Å². The summed E-state index contributed by atoms with van der Waals surface area (Å²) < 4.78 is 0. The fourth-order valence-electron chi connectivity index (χ4n) is 0.505. The van der Waals surface area contributed by atoms with Crippen LogP contribution in [-0.4, -0.2) is 20.3 Å². The fourth-order valence-corrected chi connectivity index (χ4v) is 0.620. The maximum absolute atomic E-state index is 4.11. The van der Waals surface area contributed by atoms with E-state index in [0.717, 1.165) is 0 Å². The molecule has 0 aliphatic heterocycles. The molecular weight excluding hydrogens is 160 g/mol. The topological polar surface area (TPSA) is 50.7 Å². The van der Waals surface area contributed by atoms with Crippen LogP contribution in [0.3, 0.4) is 0 Å². The molecule has 11 heavy (non-hydrogen) atoms. The van der Waals surface area contributed by atoms with Gasteiger partial charge in [0.15, 0.2) is 0 Å². The molecule has 4 nitrogen and oxygen atoms in total. The van der Waals surface area contributed by atoms with Crippen molar-refractivity contribution in [2.45, 2.75) is 5.37 Å². The highest BCUT2D eigenvalue weighted by Crippen LogP contribution is 2.00. The first-order valence-corrected chi connectivity index (χ1v) is 3.53. The molecule has 0 spiro atoms. The van der Waals surface area contributed by atoms with Crippen molar-refractivity contribution in [3.8, 4) is 0 Å². The van der Waals surface area contributed by atoms with E-state index in [1.165, 1.54) is 12.7 Å². The van der Waals surface area contributed by atoms with Crippen LogP contribution < -0.4 is 5.32 Å². The number of anilines is 1. The summed E-state index contributed by atoms with van der Waals surface area (Å²) in [6.45, 7) is 3.55. The third-order valence-electron chi connectivity index (χ3n) is 0.994. The van der Waals surface area contributed by atoms with E-state index in [4.69, 9.17) is 0 Å². The molecule has 0 saturated carbocycles. The Morgan fingerprint density at radius 3 is 2.73 bits per heavy atom. The van der Waals surface area contributed by atoms with E-state index in [1.54, 1.807) is 6.08 Å². The second-order valence-corrected chi connectivity index (χ2v) is 2.34. The molecule has 1 rings (SSSR count). The number of aromatic nitrogens is 3. The number of nitrogens with one attached hydrogen (secondary N) is 1. The van der Waals surface area contributed by atoms with Crippen LogP contribution in [0, 0.1) is 0 Å². The van der Waals surface area contributed by atoms with Gasteiger partial charge in [-0.2, -0.15) is 12.6 Å². The minimum absolute atomic E-state index is 0.127. The summed E-state index contributed by atoms with van der Waals surface area (Å²) >= 11 is 4.11. The quantitative estimate of drug-likeness (QED) is 0.397. The van der Waals surface area contributed by atoms with Gasteiger partial charge < -0.3 is 5.32 Å². The van der Waals surface area contributed by atoms with Gasteiger partial charge in [0.1, 0.15) is 12.7 Å². The van der Waals surface area contributed by atoms with Crippen LogP contribution in [0.1, 0.15) is 0 Å². The first kappa shape index (κ1) is 8.00. The van der Waals surface area contributed by atoms with Crippen molar-refractivity contribution in [1.29, 1.82) is 0 Å². The molecule has 0 saturated heterocycles. The molecule has 1 unspecified atom stereocenters. The highest BCUT2D eigenvalue weighted by atomic mass is 32.1. The standard InChI is InChI=1S/C6H8N4S/c1-2-5(11)10-6-8-3-7-4-9-6/h2-5,11H,1H2,(H,7,8,9,10). The zero-order valence-corrected chi connectivity index (χ0v) is 6.70. The van der Waals surface area contributed by atoms with Gasteiger partial charge >= 0.3 is 0 Å². The van der Waals surface area contributed by atoms with Gasteiger partial charge in [-0.25, -0.2) is 15.0 Å². The van der Waals surface area contributed by atoms with Crippen LogP contribution >= 0.6 is 12.6 Å². The predicted molar refractivity (Wildman–Crippen MR) is 46.4 cm³/mol. The lowest BCUT2D eigenvalue weighted by Crippen LogP contribution is -2.11. The van der Waals surface area contributed by atoms with Gasteiger partial charge in [-0.05, 0) is 0 Å². The summed E-state index contributed by atoms with van der Waals surface area (Å²) in [5.41, 5.74) is 0. The average molecular weight is 168 g/mol. The maximum atomic E-state index is 4.11. The molecule has 0 aliphatic rings.